The molecule has 0 bridgehead atoms. The molecule has 4 aromatic rings. The van der Waals surface area contributed by atoms with E-state index in [0.29, 0.717) is 34.5 Å². The molecule has 0 spiro atoms. The summed E-state index contributed by atoms with van der Waals surface area (Å²) in [5.41, 5.74) is 1.54. The maximum atomic E-state index is 14.2. The Balaban J connectivity index is 1.33. The summed E-state index contributed by atoms with van der Waals surface area (Å²) in [6.45, 7) is 0.838. The van der Waals surface area contributed by atoms with Gasteiger partial charge in [0.15, 0.2) is 0 Å². The summed E-state index contributed by atoms with van der Waals surface area (Å²) in [7, 11) is 0. The summed E-state index contributed by atoms with van der Waals surface area (Å²) in [6, 6.07) is 33.0. The van der Waals surface area contributed by atoms with E-state index >= 15 is 0 Å². The van der Waals surface area contributed by atoms with E-state index in [1.807, 2.05) is 97.4 Å². The lowest BCUT2D eigenvalue weighted by Gasteiger charge is -2.48. The fourth-order valence-corrected chi connectivity index (χ4v) is 7.16. The van der Waals surface area contributed by atoms with Gasteiger partial charge in [0.05, 0.1) is 23.7 Å². The molecule has 2 N–H and O–H groups in total. The van der Waals surface area contributed by atoms with Crippen LogP contribution in [0.15, 0.2) is 109 Å². The second kappa shape index (κ2) is 18.5. The molecule has 0 aliphatic heterocycles. The predicted molar refractivity (Wildman–Crippen MR) is 203 cm³/mol. The fraction of sp³-hybridized carbons (Fsp3) is 0.300. The largest absolute Gasteiger partial charge is 0.481 e. The van der Waals surface area contributed by atoms with Crippen molar-refractivity contribution in [2.45, 2.75) is 13.1 Å². The minimum Gasteiger partial charge on any atom is -0.481 e. The van der Waals surface area contributed by atoms with Crippen LogP contribution in [0.5, 0.6) is 23.0 Å². The van der Waals surface area contributed by atoms with E-state index in [-0.39, 0.29) is 26.2 Å². The maximum absolute atomic E-state index is 14.2. The summed E-state index contributed by atoms with van der Waals surface area (Å²) in [5, 5.41) is 20.8. The lowest BCUT2D eigenvalue weighted by atomic mass is 9.55. The van der Waals surface area contributed by atoms with Crippen LogP contribution < -0.4 is 9.47 Å². The molecule has 52 heavy (non-hydrogen) atoms. The lowest BCUT2D eigenvalue weighted by molar-refractivity contribution is -0.187. The van der Waals surface area contributed by atoms with Crippen LogP contribution in [0, 0.1) is 23.7 Å². The monoisotopic (exact) mass is 742 g/mol. The van der Waals surface area contributed by atoms with Gasteiger partial charge < -0.3 is 29.5 Å². The van der Waals surface area contributed by atoms with Crippen molar-refractivity contribution < 1.29 is 38.9 Å². The van der Waals surface area contributed by atoms with Crippen LogP contribution in [0.25, 0.3) is 0 Å². The second-order valence-corrected chi connectivity index (χ2v) is 14.4. The van der Waals surface area contributed by atoms with Crippen LogP contribution in [0.3, 0.4) is 0 Å². The van der Waals surface area contributed by atoms with Gasteiger partial charge in [0.1, 0.15) is 23.0 Å². The summed E-state index contributed by atoms with van der Waals surface area (Å²) in [6.07, 6.45) is 3.78. The number of benzene rings is 4. The van der Waals surface area contributed by atoms with Gasteiger partial charge in [-0.15, -0.1) is 0 Å². The zero-order valence-electron chi connectivity index (χ0n) is 29.0. The van der Waals surface area contributed by atoms with Crippen molar-refractivity contribution in [3.05, 3.63) is 120 Å². The Hall–Kier alpha value is -4.94. The first-order chi connectivity index (χ1) is 25.2. The van der Waals surface area contributed by atoms with E-state index in [4.69, 9.17) is 9.47 Å². The molecule has 0 radical (unpaired) electrons. The van der Waals surface area contributed by atoms with Crippen LogP contribution in [0.1, 0.15) is 11.1 Å². The zero-order valence-corrected chi connectivity index (χ0v) is 30.6. The molecule has 1 saturated carbocycles. The van der Waals surface area contributed by atoms with Gasteiger partial charge >= 0.3 is 11.9 Å². The van der Waals surface area contributed by atoms with Gasteiger partial charge in [-0.1, -0.05) is 60.7 Å². The van der Waals surface area contributed by atoms with Gasteiger partial charge in [-0.3, -0.25) is 19.2 Å². The number of amides is 2. The molecule has 5 rings (SSSR count). The number of rotatable bonds is 18. The first-order valence-electron chi connectivity index (χ1n) is 16.8. The molecule has 2 amide bonds. The number of ether oxygens (including phenoxy) is 2. The maximum Gasteiger partial charge on any atom is 0.308 e. The summed E-state index contributed by atoms with van der Waals surface area (Å²) >= 11 is 3.03. The number of para-hydroxylation sites is 2. The van der Waals surface area contributed by atoms with Crippen molar-refractivity contribution in [1.29, 1.82) is 0 Å². The average Bonchev–Trinajstić information content (AvgIpc) is 3.13. The van der Waals surface area contributed by atoms with Crippen molar-refractivity contribution in [1.82, 2.24) is 9.80 Å². The third kappa shape index (κ3) is 9.68. The number of carboxylic acids is 2. The molecule has 0 atom stereocenters. The fourth-order valence-electron chi connectivity index (χ4n) is 6.35. The van der Waals surface area contributed by atoms with E-state index in [9.17, 15) is 29.4 Å². The zero-order chi connectivity index (χ0) is 37.0. The van der Waals surface area contributed by atoms with Crippen molar-refractivity contribution >= 4 is 47.3 Å². The Morgan fingerprint density at radius 2 is 0.846 bits per heavy atom. The molecule has 4 aromatic carbocycles. The molecule has 0 saturated heterocycles. The average molecular weight is 743 g/mol. The highest BCUT2D eigenvalue weighted by Gasteiger charge is 2.64. The minimum absolute atomic E-state index is 0.141. The standard InChI is InChI=1S/C40H42N2O8S2/c1-51-23-21-41(25-27-13-17-31(18-14-27)49-29-9-5-3-6-10-29)37(43)33-35(39(45)46)34(36(33)40(47)48)38(44)42(22-24-52-2)26-28-15-19-32(20-16-28)50-30-11-7-4-8-12-30/h3-20,33-36H,21-26H2,1-2H3,(H,45,46)(H,47,48). The minimum atomic E-state index is -1.49. The van der Waals surface area contributed by atoms with E-state index < -0.39 is 47.4 Å². The van der Waals surface area contributed by atoms with E-state index in [1.165, 1.54) is 33.3 Å². The molecule has 1 aliphatic rings. The molecule has 12 heteroatoms. The molecule has 272 valence electrons. The lowest BCUT2D eigenvalue weighted by Crippen LogP contribution is -2.64. The number of thioether (sulfide) groups is 2. The van der Waals surface area contributed by atoms with Gasteiger partial charge in [0, 0.05) is 37.7 Å². The van der Waals surface area contributed by atoms with Gasteiger partial charge in [-0.25, -0.2) is 0 Å². The van der Waals surface area contributed by atoms with Crippen LogP contribution in [0.2, 0.25) is 0 Å². The highest BCUT2D eigenvalue weighted by atomic mass is 32.2. The summed E-state index contributed by atoms with van der Waals surface area (Å²) in [5.74, 6) is -6.00. The van der Waals surface area contributed by atoms with E-state index in [2.05, 4.69) is 0 Å². The van der Waals surface area contributed by atoms with Gasteiger partial charge in [-0.05, 0) is 72.2 Å². The Morgan fingerprint density at radius 3 is 1.15 bits per heavy atom. The predicted octanol–water partition coefficient (Wildman–Crippen LogP) is 7.00. The van der Waals surface area contributed by atoms with Crippen LogP contribution >= 0.6 is 23.5 Å². The SMILES string of the molecule is CSCCN(Cc1ccc(Oc2ccccc2)cc1)C(=O)C1C(C(=O)O)C(C(=O)N(CCSC)Cc2ccc(Oc3ccccc3)cc2)C1C(=O)O. The van der Waals surface area contributed by atoms with E-state index in [1.54, 1.807) is 24.3 Å². The molecule has 1 aliphatic carbocycles. The Labute approximate surface area is 312 Å². The topological polar surface area (TPSA) is 134 Å². The first kappa shape index (κ1) is 38.3. The Bertz CT molecular complexity index is 1650. The number of nitrogens with zero attached hydrogens (tertiary/aromatic N) is 2. The Kier molecular flexibility index (Phi) is 13.6. The van der Waals surface area contributed by atoms with Crippen molar-refractivity contribution in [2.75, 3.05) is 37.1 Å². The molecule has 0 heterocycles. The van der Waals surface area contributed by atoms with Gasteiger partial charge in [0.2, 0.25) is 11.8 Å². The molecular formula is C40H42N2O8S2. The number of carboxylic acid groups (broad SMARTS) is 2. The van der Waals surface area contributed by atoms with Gasteiger partial charge in [0.25, 0.3) is 0 Å². The van der Waals surface area contributed by atoms with Crippen LogP contribution in [-0.4, -0.2) is 80.9 Å². The highest BCUT2D eigenvalue weighted by molar-refractivity contribution is 7.98. The quantitative estimate of drug-likeness (QED) is 0.110. The van der Waals surface area contributed by atoms with Gasteiger partial charge in [-0.2, -0.15) is 23.5 Å². The normalized spacial score (nSPS) is 17.7. The highest BCUT2D eigenvalue weighted by Crippen LogP contribution is 2.49. The molecule has 1 fully saturated rings. The summed E-state index contributed by atoms with van der Waals surface area (Å²) in [4.78, 5) is 56.9. The summed E-state index contributed by atoms with van der Waals surface area (Å²) < 4.78 is 11.8. The van der Waals surface area contributed by atoms with Crippen molar-refractivity contribution in [3.63, 3.8) is 0 Å². The second-order valence-electron chi connectivity index (χ2n) is 12.4. The molecule has 0 aromatic heterocycles. The molecular weight excluding hydrogens is 701 g/mol. The number of carbonyl (C=O) groups excluding carboxylic acids is 2. The number of carbonyl (C=O) groups is 4. The number of hydrogen-bond acceptors (Lipinski definition) is 8. The third-order valence-electron chi connectivity index (χ3n) is 8.99. The molecule has 0 unspecified atom stereocenters. The first-order valence-corrected chi connectivity index (χ1v) is 19.6. The smallest absolute Gasteiger partial charge is 0.308 e. The Morgan fingerprint density at radius 1 is 0.519 bits per heavy atom. The van der Waals surface area contributed by atoms with Crippen LogP contribution in [0.4, 0.5) is 0 Å². The van der Waals surface area contributed by atoms with Crippen LogP contribution in [-0.2, 0) is 32.3 Å². The number of hydrogen-bond donors (Lipinski definition) is 2. The third-order valence-corrected chi connectivity index (χ3v) is 10.2. The van der Waals surface area contributed by atoms with E-state index in [0.717, 1.165) is 11.1 Å². The molecule has 10 nitrogen and oxygen atoms in total. The van der Waals surface area contributed by atoms with Crippen molar-refractivity contribution in [3.8, 4) is 23.0 Å². The van der Waals surface area contributed by atoms with Crippen molar-refractivity contribution in [2.24, 2.45) is 23.7 Å². The number of aliphatic carboxylic acids is 2.